The van der Waals surface area contributed by atoms with E-state index in [1.165, 1.54) is 0 Å². The Hall–Kier alpha value is -1.53. The second-order valence-corrected chi connectivity index (χ2v) is 5.14. The highest BCUT2D eigenvalue weighted by Crippen LogP contribution is 2.25. The lowest BCUT2D eigenvalue weighted by Gasteiger charge is -2.31. The van der Waals surface area contributed by atoms with Crippen molar-refractivity contribution < 1.29 is 9.84 Å². The summed E-state index contributed by atoms with van der Waals surface area (Å²) in [6.07, 6.45) is 3.97. The predicted octanol–water partition coefficient (Wildman–Crippen LogP) is 4.43. The molecule has 1 heterocycles. The Morgan fingerprint density at radius 2 is 1.86 bits per heavy atom. The van der Waals surface area contributed by atoms with Gasteiger partial charge >= 0.3 is 0 Å². The fourth-order valence-electron chi connectivity index (χ4n) is 1.70. The molecule has 0 saturated heterocycles. The van der Waals surface area contributed by atoms with Crippen LogP contribution >= 0.6 is 0 Å². The molecule has 1 aromatic rings. The number of ether oxygens (including phenoxy) is 1. The van der Waals surface area contributed by atoms with Gasteiger partial charge in [0, 0.05) is 19.3 Å². The van der Waals surface area contributed by atoms with Crippen molar-refractivity contribution in [1.82, 2.24) is 4.98 Å². The summed E-state index contributed by atoms with van der Waals surface area (Å²) in [4.78, 5) is 4.24. The quantitative estimate of drug-likeness (QED) is 0.840. The van der Waals surface area contributed by atoms with Gasteiger partial charge in [0.15, 0.2) is 0 Å². The van der Waals surface area contributed by atoms with Gasteiger partial charge < -0.3 is 9.84 Å². The highest BCUT2D eigenvalue weighted by Gasteiger charge is 2.28. The van der Waals surface area contributed by atoms with Gasteiger partial charge in [0.25, 0.3) is 0 Å². The predicted molar refractivity (Wildman–Crippen MR) is 92.9 cm³/mol. The fourth-order valence-corrected chi connectivity index (χ4v) is 1.70. The van der Waals surface area contributed by atoms with E-state index in [0.29, 0.717) is 5.92 Å². The van der Waals surface area contributed by atoms with Gasteiger partial charge in [0.1, 0.15) is 17.5 Å². The van der Waals surface area contributed by atoms with E-state index in [4.69, 9.17) is 9.84 Å². The first-order valence-corrected chi connectivity index (χ1v) is 8.43. The molecular formula is C19H31NO2. The lowest BCUT2D eigenvalue weighted by Crippen LogP contribution is -2.37. The third kappa shape index (κ3) is 8.05. The molecule has 124 valence electrons. The second-order valence-electron chi connectivity index (χ2n) is 5.14. The van der Waals surface area contributed by atoms with Gasteiger partial charge in [-0.3, -0.25) is 0 Å². The number of aliphatic hydroxyl groups excluding tert-OH is 1. The van der Waals surface area contributed by atoms with Crippen molar-refractivity contribution in [2.24, 2.45) is 5.92 Å². The normalized spacial score (nSPS) is 18.5. The minimum absolute atomic E-state index is 0.139. The molecule has 1 N–H and O–H groups in total. The summed E-state index contributed by atoms with van der Waals surface area (Å²) >= 11 is 0. The van der Waals surface area contributed by atoms with E-state index in [2.05, 4.69) is 30.7 Å². The van der Waals surface area contributed by atoms with Crippen molar-refractivity contribution in [3.05, 3.63) is 24.0 Å². The van der Waals surface area contributed by atoms with E-state index in [9.17, 15) is 0 Å². The zero-order valence-corrected chi connectivity index (χ0v) is 14.9. The summed E-state index contributed by atoms with van der Waals surface area (Å²) in [5, 5.41) is 9.17. The average molecular weight is 305 g/mol. The highest BCUT2D eigenvalue weighted by atomic mass is 16.5. The molecule has 1 aliphatic rings. The van der Waals surface area contributed by atoms with Gasteiger partial charge in [-0.05, 0) is 24.0 Å². The molecule has 0 radical (unpaired) electrons. The maximum absolute atomic E-state index is 9.17. The molecule has 1 aliphatic carbocycles. The van der Waals surface area contributed by atoms with Gasteiger partial charge in [0.05, 0.1) is 12.3 Å². The zero-order valence-electron chi connectivity index (χ0n) is 14.9. The molecular weight excluding hydrogens is 274 g/mol. The molecule has 1 aromatic heterocycles. The maximum Gasteiger partial charge on any atom is 0.138 e. The molecule has 2 rings (SSSR count). The number of aromatic nitrogens is 1. The number of rotatable bonds is 3. The third-order valence-electron chi connectivity index (χ3n) is 2.84. The van der Waals surface area contributed by atoms with Crippen LogP contribution in [-0.4, -0.2) is 22.3 Å². The molecule has 0 unspecified atom stereocenters. The first-order chi connectivity index (χ1) is 10.6. The van der Waals surface area contributed by atoms with Crippen LogP contribution in [0.4, 0.5) is 0 Å². The molecule has 3 heteroatoms. The van der Waals surface area contributed by atoms with Crippen LogP contribution < -0.4 is 4.74 Å². The Balaban J connectivity index is 0.00000102. The molecule has 22 heavy (non-hydrogen) atoms. The summed E-state index contributed by atoms with van der Waals surface area (Å²) in [5.74, 6) is 7.48. The molecule has 0 amide bonds. The van der Waals surface area contributed by atoms with Gasteiger partial charge in [-0.25, -0.2) is 4.98 Å². The number of hydrogen-bond donors (Lipinski definition) is 1. The van der Waals surface area contributed by atoms with Gasteiger partial charge in [0.2, 0.25) is 0 Å². The summed E-state index contributed by atoms with van der Waals surface area (Å²) < 4.78 is 5.65. The molecule has 0 aliphatic heterocycles. The van der Waals surface area contributed by atoms with E-state index in [0.717, 1.165) is 30.7 Å². The molecule has 3 nitrogen and oxygen atoms in total. The lowest BCUT2D eigenvalue weighted by molar-refractivity contribution is -0.0109. The highest BCUT2D eigenvalue weighted by molar-refractivity contribution is 5.31. The number of hydrogen-bond acceptors (Lipinski definition) is 3. The van der Waals surface area contributed by atoms with E-state index in [1.54, 1.807) is 6.20 Å². The van der Waals surface area contributed by atoms with Crippen molar-refractivity contribution in [1.29, 1.82) is 0 Å². The van der Waals surface area contributed by atoms with Crippen LogP contribution in [0.2, 0.25) is 0 Å². The topological polar surface area (TPSA) is 42.4 Å². The zero-order chi connectivity index (χ0) is 17.0. The molecule has 1 saturated carbocycles. The minimum atomic E-state index is -0.191. The van der Waals surface area contributed by atoms with E-state index in [1.807, 2.05) is 39.8 Å². The number of pyridine rings is 1. The average Bonchev–Trinajstić information content (AvgIpc) is 2.51. The van der Waals surface area contributed by atoms with Crippen LogP contribution in [0.15, 0.2) is 18.3 Å². The minimum Gasteiger partial charge on any atom is -0.489 e. The largest absolute Gasteiger partial charge is 0.489 e. The van der Waals surface area contributed by atoms with Crippen molar-refractivity contribution in [3.63, 3.8) is 0 Å². The van der Waals surface area contributed by atoms with Crippen LogP contribution in [0, 0.1) is 17.8 Å². The Morgan fingerprint density at radius 1 is 1.23 bits per heavy atom. The first kappa shape index (κ1) is 20.5. The third-order valence-corrected chi connectivity index (χ3v) is 2.84. The van der Waals surface area contributed by atoms with Crippen LogP contribution in [0.5, 0.6) is 5.75 Å². The molecule has 1 fully saturated rings. The number of nitrogens with zero attached hydrogens (tertiary/aromatic N) is 1. The summed E-state index contributed by atoms with van der Waals surface area (Å²) in [7, 11) is 0. The monoisotopic (exact) mass is 305 g/mol. The van der Waals surface area contributed by atoms with Crippen molar-refractivity contribution in [3.8, 4) is 17.6 Å². The van der Waals surface area contributed by atoms with Crippen molar-refractivity contribution in [2.75, 3.05) is 0 Å². The molecule has 0 aromatic carbocycles. The van der Waals surface area contributed by atoms with Crippen molar-refractivity contribution >= 4 is 0 Å². The fraction of sp³-hybridized carbons (Fsp3) is 0.632. The van der Waals surface area contributed by atoms with Crippen LogP contribution in [0.1, 0.15) is 66.5 Å². The van der Waals surface area contributed by atoms with Gasteiger partial charge in [-0.15, -0.1) is 0 Å². The standard InChI is InChI=1S/C15H19NO2.2C2H6/c1-11(2)4-3-5-12-6-7-14(10-16-12)18-15-8-13(17)9-15;2*1-2/h6-7,10-11,13,15,17H,4,8-9H2,1-2H3;2*1-2H3. The Kier molecular flexibility index (Phi) is 11.2. The van der Waals surface area contributed by atoms with Crippen molar-refractivity contribution in [2.45, 2.75) is 73.0 Å². The molecule has 0 spiro atoms. The number of aliphatic hydroxyl groups is 1. The van der Waals surface area contributed by atoms with Crippen LogP contribution in [0.25, 0.3) is 0 Å². The Morgan fingerprint density at radius 3 is 2.32 bits per heavy atom. The second kappa shape index (κ2) is 12.1. The van der Waals surface area contributed by atoms with E-state index >= 15 is 0 Å². The maximum atomic E-state index is 9.17. The van der Waals surface area contributed by atoms with Gasteiger partial charge in [-0.1, -0.05) is 47.5 Å². The SMILES string of the molecule is CC.CC.CC(C)CC#Cc1ccc(OC2CC(O)C2)cn1. The first-order valence-electron chi connectivity index (χ1n) is 8.43. The summed E-state index contributed by atoms with van der Waals surface area (Å²) in [6.45, 7) is 12.3. The lowest BCUT2D eigenvalue weighted by atomic mass is 9.92. The molecule has 0 atom stereocenters. The Bertz CT molecular complexity index is 437. The van der Waals surface area contributed by atoms with E-state index in [-0.39, 0.29) is 12.2 Å². The summed E-state index contributed by atoms with van der Waals surface area (Å²) in [5.41, 5.74) is 0.775. The smallest absolute Gasteiger partial charge is 0.138 e. The van der Waals surface area contributed by atoms with Gasteiger partial charge in [-0.2, -0.15) is 0 Å². The van der Waals surface area contributed by atoms with Crippen LogP contribution in [-0.2, 0) is 0 Å². The van der Waals surface area contributed by atoms with Crippen LogP contribution in [0.3, 0.4) is 0 Å². The van der Waals surface area contributed by atoms with E-state index < -0.39 is 0 Å². The molecule has 0 bridgehead atoms. The Labute approximate surface area is 136 Å². The summed E-state index contributed by atoms with van der Waals surface area (Å²) in [6, 6.07) is 3.76.